The molecular weight excluding hydrogens is 390 g/mol. The first kappa shape index (κ1) is 20.6. The maximum absolute atomic E-state index is 12.6. The van der Waals surface area contributed by atoms with Gasteiger partial charge in [0.1, 0.15) is 17.0 Å². The van der Waals surface area contributed by atoms with E-state index in [1.807, 2.05) is 6.07 Å². The molecule has 0 atom stereocenters. The molecule has 9 heteroatoms. The molecule has 0 saturated carbocycles. The second-order valence-corrected chi connectivity index (χ2v) is 6.09. The molecule has 3 rings (SSSR count). The van der Waals surface area contributed by atoms with E-state index < -0.39 is 17.8 Å². The molecule has 0 bridgehead atoms. The van der Waals surface area contributed by atoms with Gasteiger partial charge >= 0.3 is 11.9 Å². The highest BCUT2D eigenvalue weighted by molar-refractivity contribution is 6.06. The van der Waals surface area contributed by atoms with E-state index in [-0.39, 0.29) is 23.6 Å². The van der Waals surface area contributed by atoms with E-state index in [4.69, 9.17) is 19.9 Å². The van der Waals surface area contributed by atoms with Crippen molar-refractivity contribution in [2.75, 3.05) is 20.8 Å². The number of nitrogens with two attached hydrogens (primary N) is 1. The maximum Gasteiger partial charge on any atom is 0.357 e. The van der Waals surface area contributed by atoms with Crippen LogP contribution >= 0.6 is 0 Å². The van der Waals surface area contributed by atoms with Gasteiger partial charge < -0.3 is 19.9 Å². The molecule has 1 heterocycles. The lowest BCUT2D eigenvalue weighted by Crippen LogP contribution is -2.20. The summed E-state index contributed by atoms with van der Waals surface area (Å²) in [7, 11) is 2.42. The summed E-state index contributed by atoms with van der Waals surface area (Å²) in [5.74, 6) is -1.79. The Balaban J connectivity index is 2.23. The summed E-state index contributed by atoms with van der Waals surface area (Å²) in [6, 6.07) is 15.4. The van der Waals surface area contributed by atoms with Crippen molar-refractivity contribution < 1.29 is 28.6 Å². The molecule has 0 aliphatic heterocycles. The van der Waals surface area contributed by atoms with Crippen LogP contribution in [0.15, 0.2) is 54.6 Å². The van der Waals surface area contributed by atoms with E-state index in [0.717, 1.165) is 0 Å². The molecule has 0 aliphatic rings. The van der Waals surface area contributed by atoms with Gasteiger partial charge in [-0.05, 0) is 24.3 Å². The molecule has 2 aromatic carbocycles. The van der Waals surface area contributed by atoms with Gasteiger partial charge in [0.15, 0.2) is 12.3 Å². The number of benzene rings is 2. The van der Waals surface area contributed by atoms with Crippen LogP contribution in [0.4, 0.5) is 0 Å². The summed E-state index contributed by atoms with van der Waals surface area (Å²) >= 11 is 0. The first-order valence-corrected chi connectivity index (χ1v) is 8.83. The summed E-state index contributed by atoms with van der Waals surface area (Å²) in [5.41, 5.74) is 6.20. The number of nitrogens with zero attached hydrogens (tertiary/aromatic N) is 2. The van der Waals surface area contributed by atoms with Crippen molar-refractivity contribution >= 4 is 17.8 Å². The number of methoxy groups -OCH3 is 2. The molecule has 30 heavy (non-hydrogen) atoms. The predicted octanol–water partition coefficient (Wildman–Crippen LogP) is 1.98. The summed E-state index contributed by atoms with van der Waals surface area (Å²) in [6.45, 7) is -0.306. The smallest absolute Gasteiger partial charge is 0.357 e. The summed E-state index contributed by atoms with van der Waals surface area (Å²) in [5, 5.41) is 4.49. The SMILES string of the molecule is COC(=O)c1c(-c2cccc(OCC(N)=O)c2)nn(-c2ccccc2)c1C(=O)OC. The van der Waals surface area contributed by atoms with Gasteiger partial charge in [0.05, 0.1) is 19.9 Å². The summed E-state index contributed by atoms with van der Waals surface area (Å²) < 4.78 is 16.4. The van der Waals surface area contributed by atoms with Crippen LogP contribution < -0.4 is 10.5 Å². The number of ether oxygens (including phenoxy) is 3. The molecule has 0 unspecified atom stereocenters. The number of amides is 1. The Morgan fingerprint density at radius 3 is 2.30 bits per heavy atom. The van der Waals surface area contributed by atoms with Crippen molar-refractivity contribution in [1.29, 1.82) is 0 Å². The Kier molecular flexibility index (Phi) is 6.11. The first-order chi connectivity index (χ1) is 14.5. The molecule has 0 saturated heterocycles. The number of esters is 2. The third-order valence-electron chi connectivity index (χ3n) is 4.14. The Labute approximate surface area is 172 Å². The highest BCUT2D eigenvalue weighted by Gasteiger charge is 2.31. The number of para-hydroxylation sites is 1. The number of hydrogen-bond donors (Lipinski definition) is 1. The van der Waals surface area contributed by atoms with Crippen LogP contribution in [-0.2, 0) is 14.3 Å². The van der Waals surface area contributed by atoms with E-state index in [2.05, 4.69) is 5.10 Å². The fourth-order valence-electron chi connectivity index (χ4n) is 2.84. The molecule has 0 spiro atoms. The molecule has 0 fully saturated rings. The summed E-state index contributed by atoms with van der Waals surface area (Å²) in [4.78, 5) is 36.2. The number of rotatable bonds is 7. The van der Waals surface area contributed by atoms with E-state index in [0.29, 0.717) is 17.0 Å². The van der Waals surface area contributed by atoms with Gasteiger partial charge in [-0.3, -0.25) is 4.79 Å². The van der Waals surface area contributed by atoms with Crippen LogP contribution in [0, 0.1) is 0 Å². The Hall–Kier alpha value is -4.14. The van der Waals surface area contributed by atoms with Gasteiger partial charge in [-0.15, -0.1) is 0 Å². The molecule has 2 N–H and O–H groups in total. The Bertz CT molecular complexity index is 1090. The van der Waals surface area contributed by atoms with Gasteiger partial charge in [0.2, 0.25) is 0 Å². The average Bonchev–Trinajstić information content (AvgIpc) is 3.18. The number of aromatic nitrogens is 2. The molecule has 1 amide bonds. The molecule has 154 valence electrons. The van der Waals surface area contributed by atoms with Crippen molar-refractivity contribution in [2.45, 2.75) is 0 Å². The van der Waals surface area contributed by atoms with Crippen molar-refractivity contribution in [2.24, 2.45) is 5.73 Å². The van der Waals surface area contributed by atoms with E-state index in [9.17, 15) is 14.4 Å². The number of hydrogen-bond acceptors (Lipinski definition) is 7. The van der Waals surface area contributed by atoms with E-state index >= 15 is 0 Å². The van der Waals surface area contributed by atoms with Crippen LogP contribution in [0.1, 0.15) is 20.8 Å². The molecule has 0 aliphatic carbocycles. The third kappa shape index (κ3) is 4.14. The van der Waals surface area contributed by atoms with Gasteiger partial charge in [0.25, 0.3) is 5.91 Å². The largest absolute Gasteiger partial charge is 0.484 e. The molecule has 9 nitrogen and oxygen atoms in total. The minimum atomic E-state index is -0.754. The average molecular weight is 409 g/mol. The first-order valence-electron chi connectivity index (χ1n) is 8.83. The zero-order valence-corrected chi connectivity index (χ0v) is 16.3. The topological polar surface area (TPSA) is 123 Å². The molecule has 1 aromatic heterocycles. The van der Waals surface area contributed by atoms with Gasteiger partial charge in [-0.1, -0.05) is 30.3 Å². The summed E-state index contributed by atoms with van der Waals surface area (Å²) in [6.07, 6.45) is 0. The minimum absolute atomic E-state index is 0.0553. The predicted molar refractivity (Wildman–Crippen MR) is 106 cm³/mol. The molecule has 3 aromatic rings. The highest BCUT2D eigenvalue weighted by atomic mass is 16.5. The van der Waals surface area contributed by atoms with Gasteiger partial charge in [0, 0.05) is 5.56 Å². The van der Waals surface area contributed by atoms with Crippen molar-refractivity contribution in [3.63, 3.8) is 0 Å². The Morgan fingerprint density at radius 1 is 0.967 bits per heavy atom. The quantitative estimate of drug-likeness (QED) is 0.592. The highest BCUT2D eigenvalue weighted by Crippen LogP contribution is 2.31. The second-order valence-electron chi connectivity index (χ2n) is 6.09. The fourth-order valence-corrected chi connectivity index (χ4v) is 2.84. The van der Waals surface area contributed by atoms with E-state index in [1.54, 1.807) is 48.5 Å². The zero-order chi connectivity index (χ0) is 21.7. The third-order valence-corrected chi connectivity index (χ3v) is 4.14. The standard InChI is InChI=1S/C21H19N3O6/c1-28-20(26)17-18(13-7-6-10-15(11-13)30-12-16(22)25)23-24(19(17)21(27)29-2)14-8-4-3-5-9-14/h3-11H,12H2,1-2H3,(H2,22,25). The lowest BCUT2D eigenvalue weighted by Gasteiger charge is -2.07. The van der Waals surface area contributed by atoms with Crippen molar-refractivity contribution in [3.05, 3.63) is 65.9 Å². The zero-order valence-electron chi connectivity index (χ0n) is 16.3. The molecule has 0 radical (unpaired) electrons. The van der Waals surface area contributed by atoms with Crippen LogP contribution in [0.2, 0.25) is 0 Å². The number of carbonyl (C=O) groups is 3. The lowest BCUT2D eigenvalue weighted by atomic mass is 10.1. The van der Waals surface area contributed by atoms with Crippen LogP contribution in [-0.4, -0.2) is 48.5 Å². The maximum atomic E-state index is 12.6. The number of primary amides is 1. The van der Waals surface area contributed by atoms with Crippen molar-refractivity contribution in [1.82, 2.24) is 9.78 Å². The second kappa shape index (κ2) is 8.91. The molecular formula is C21H19N3O6. The van der Waals surface area contributed by atoms with Crippen LogP contribution in [0.5, 0.6) is 5.75 Å². The minimum Gasteiger partial charge on any atom is -0.484 e. The van der Waals surface area contributed by atoms with E-state index in [1.165, 1.54) is 18.9 Å². The van der Waals surface area contributed by atoms with Crippen molar-refractivity contribution in [3.8, 4) is 22.7 Å². The normalized spacial score (nSPS) is 10.3. The number of carbonyl (C=O) groups excluding carboxylic acids is 3. The van der Waals surface area contributed by atoms with Gasteiger partial charge in [-0.2, -0.15) is 5.10 Å². The van der Waals surface area contributed by atoms with Crippen LogP contribution in [0.25, 0.3) is 16.9 Å². The lowest BCUT2D eigenvalue weighted by molar-refractivity contribution is -0.119. The monoisotopic (exact) mass is 409 g/mol. The van der Waals surface area contributed by atoms with Gasteiger partial charge in [-0.25, -0.2) is 14.3 Å². The van der Waals surface area contributed by atoms with Crippen LogP contribution in [0.3, 0.4) is 0 Å². The Morgan fingerprint density at radius 2 is 1.67 bits per heavy atom. The fraction of sp³-hybridized carbons (Fsp3) is 0.143.